The summed E-state index contributed by atoms with van der Waals surface area (Å²) in [7, 11) is 1.49. The van der Waals surface area contributed by atoms with Crippen LogP contribution >= 0.6 is 11.6 Å². The Bertz CT molecular complexity index is 838. The van der Waals surface area contributed by atoms with Crippen LogP contribution in [0.15, 0.2) is 0 Å². The third-order valence-electron chi connectivity index (χ3n) is 4.26. The molecule has 1 aromatic heterocycles. The van der Waals surface area contributed by atoms with Crippen molar-refractivity contribution in [2.24, 2.45) is 7.05 Å². The molecule has 0 aliphatic heterocycles. The van der Waals surface area contributed by atoms with E-state index in [-0.39, 0.29) is 17.1 Å². The van der Waals surface area contributed by atoms with Crippen LogP contribution in [0.2, 0.25) is 5.02 Å². The fraction of sp³-hybridized carbons (Fsp3) is 0.444. The molecule has 1 heterocycles. The number of carbonyl (C=O) groups excluding carboxylic acids is 1. The normalized spacial score (nSPS) is 11.1. The molecule has 27 heavy (non-hydrogen) atoms. The molecule has 9 heteroatoms. The molecule has 2 rings (SSSR count). The van der Waals surface area contributed by atoms with Crippen molar-refractivity contribution in [1.29, 1.82) is 0 Å². The van der Waals surface area contributed by atoms with Gasteiger partial charge < -0.3 is 5.32 Å². The maximum atomic E-state index is 14.2. The standard InChI is InChI=1S/C18H20ClF4N3O/c1-4-6-7-9-13(20)15(22)10(16(23)14(9)21)8-24-18(27)17-12(19)11(5-2)25-26(17)3/h4-8H2,1-3H3,(H,24,27). The average Bonchev–Trinajstić information content (AvgIpc) is 2.93. The smallest absolute Gasteiger partial charge is 0.271 e. The summed E-state index contributed by atoms with van der Waals surface area (Å²) in [6, 6.07) is 0. The van der Waals surface area contributed by atoms with Crippen molar-refractivity contribution in [1.82, 2.24) is 15.1 Å². The largest absolute Gasteiger partial charge is 0.346 e. The first-order valence-corrected chi connectivity index (χ1v) is 8.95. The molecule has 1 aromatic carbocycles. The molecular formula is C18H20ClF4N3O. The molecular weight excluding hydrogens is 386 g/mol. The molecule has 4 nitrogen and oxygen atoms in total. The van der Waals surface area contributed by atoms with Gasteiger partial charge in [-0.15, -0.1) is 0 Å². The lowest BCUT2D eigenvalue weighted by molar-refractivity contribution is 0.0940. The summed E-state index contributed by atoms with van der Waals surface area (Å²) in [4.78, 5) is 12.3. The second kappa shape index (κ2) is 8.73. The van der Waals surface area contributed by atoms with Crippen molar-refractivity contribution < 1.29 is 22.4 Å². The highest BCUT2D eigenvalue weighted by Crippen LogP contribution is 2.26. The van der Waals surface area contributed by atoms with Crippen LogP contribution in [0.25, 0.3) is 0 Å². The van der Waals surface area contributed by atoms with E-state index >= 15 is 0 Å². The Hall–Kier alpha value is -2.09. The van der Waals surface area contributed by atoms with Gasteiger partial charge in [0.05, 0.1) is 10.7 Å². The summed E-state index contributed by atoms with van der Waals surface area (Å²) in [6.45, 7) is 2.85. The number of carbonyl (C=O) groups is 1. The number of aryl methyl sites for hydroxylation is 2. The summed E-state index contributed by atoms with van der Waals surface area (Å²) in [5.41, 5.74) is -1.02. The molecule has 0 saturated carbocycles. The van der Waals surface area contributed by atoms with Gasteiger partial charge in [-0.1, -0.05) is 31.9 Å². The van der Waals surface area contributed by atoms with Gasteiger partial charge in [-0.3, -0.25) is 9.48 Å². The van der Waals surface area contributed by atoms with Crippen LogP contribution in [0.1, 0.15) is 54.0 Å². The third-order valence-corrected chi connectivity index (χ3v) is 4.65. The molecule has 0 radical (unpaired) electrons. The molecule has 0 saturated heterocycles. The highest BCUT2D eigenvalue weighted by Gasteiger charge is 2.26. The Kier molecular flexibility index (Phi) is 6.86. The number of amides is 1. The highest BCUT2D eigenvalue weighted by atomic mass is 35.5. The summed E-state index contributed by atoms with van der Waals surface area (Å²) < 4.78 is 57.9. The SMILES string of the molecule is CCCCc1c(F)c(F)c(CNC(=O)c2c(Cl)c(CC)nn2C)c(F)c1F. The Morgan fingerprint density at radius 1 is 1.07 bits per heavy atom. The lowest BCUT2D eigenvalue weighted by Crippen LogP contribution is -2.27. The van der Waals surface area contributed by atoms with Gasteiger partial charge in [0.25, 0.3) is 5.91 Å². The van der Waals surface area contributed by atoms with Crippen molar-refractivity contribution in [2.75, 3.05) is 0 Å². The zero-order valence-corrected chi connectivity index (χ0v) is 16.0. The van der Waals surface area contributed by atoms with Crippen LogP contribution in [0.5, 0.6) is 0 Å². The summed E-state index contributed by atoms with van der Waals surface area (Å²) in [5, 5.41) is 6.42. The number of hydrogen-bond acceptors (Lipinski definition) is 2. The van der Waals surface area contributed by atoms with Crippen LogP contribution in [0, 0.1) is 23.3 Å². The number of halogens is 5. The zero-order chi connectivity index (χ0) is 20.3. The van der Waals surface area contributed by atoms with Crippen molar-refractivity contribution in [3.63, 3.8) is 0 Å². The van der Waals surface area contributed by atoms with Crippen LogP contribution in [-0.4, -0.2) is 15.7 Å². The number of unbranched alkanes of at least 4 members (excludes halogenated alkanes) is 1. The number of rotatable bonds is 7. The van der Waals surface area contributed by atoms with Gasteiger partial charge in [0.15, 0.2) is 23.3 Å². The second-order valence-electron chi connectivity index (χ2n) is 6.09. The zero-order valence-electron chi connectivity index (χ0n) is 15.2. The average molecular weight is 406 g/mol. The minimum absolute atomic E-state index is 0.00478. The van der Waals surface area contributed by atoms with Crippen molar-refractivity contribution in [3.8, 4) is 0 Å². The van der Waals surface area contributed by atoms with Crippen LogP contribution in [-0.2, 0) is 26.4 Å². The highest BCUT2D eigenvalue weighted by molar-refractivity contribution is 6.34. The van der Waals surface area contributed by atoms with E-state index in [1.165, 1.54) is 11.7 Å². The Labute approximate surface area is 159 Å². The summed E-state index contributed by atoms with van der Waals surface area (Å²) in [6.07, 6.45) is 1.38. The number of nitrogens with one attached hydrogen (secondary N) is 1. The quantitative estimate of drug-likeness (QED) is 0.546. The van der Waals surface area contributed by atoms with Crippen LogP contribution in [0.4, 0.5) is 17.6 Å². The van der Waals surface area contributed by atoms with Crippen LogP contribution in [0.3, 0.4) is 0 Å². The molecule has 0 bridgehead atoms. The molecule has 2 aromatic rings. The van der Waals surface area contributed by atoms with Gasteiger partial charge in [0.2, 0.25) is 0 Å². The molecule has 1 N–H and O–H groups in total. The van der Waals surface area contributed by atoms with Gasteiger partial charge in [-0.25, -0.2) is 17.6 Å². The first-order valence-electron chi connectivity index (χ1n) is 8.57. The Morgan fingerprint density at radius 2 is 1.63 bits per heavy atom. The summed E-state index contributed by atoms with van der Waals surface area (Å²) >= 11 is 6.08. The van der Waals surface area contributed by atoms with E-state index in [0.717, 1.165) is 0 Å². The predicted molar refractivity (Wildman–Crippen MR) is 93.7 cm³/mol. The van der Waals surface area contributed by atoms with E-state index in [1.807, 2.05) is 0 Å². The van der Waals surface area contributed by atoms with Crippen molar-refractivity contribution >= 4 is 17.5 Å². The Balaban J connectivity index is 2.28. The lowest BCUT2D eigenvalue weighted by atomic mass is 10.0. The lowest BCUT2D eigenvalue weighted by Gasteiger charge is -2.13. The fourth-order valence-corrected chi connectivity index (χ4v) is 3.11. The molecule has 0 atom stereocenters. The van der Waals surface area contributed by atoms with E-state index < -0.39 is 46.8 Å². The topological polar surface area (TPSA) is 46.9 Å². The van der Waals surface area contributed by atoms with E-state index in [1.54, 1.807) is 13.8 Å². The maximum absolute atomic E-state index is 14.2. The van der Waals surface area contributed by atoms with E-state index in [9.17, 15) is 22.4 Å². The van der Waals surface area contributed by atoms with E-state index in [4.69, 9.17) is 11.6 Å². The molecule has 1 amide bonds. The third kappa shape index (κ3) is 4.10. The monoisotopic (exact) mass is 405 g/mol. The van der Waals surface area contributed by atoms with Gasteiger partial charge in [0.1, 0.15) is 5.69 Å². The van der Waals surface area contributed by atoms with Gasteiger partial charge in [0, 0.05) is 24.7 Å². The maximum Gasteiger partial charge on any atom is 0.271 e. The summed E-state index contributed by atoms with van der Waals surface area (Å²) in [5.74, 6) is -6.64. The number of hydrogen-bond donors (Lipinski definition) is 1. The van der Waals surface area contributed by atoms with Crippen molar-refractivity contribution in [2.45, 2.75) is 46.1 Å². The molecule has 0 fully saturated rings. The molecule has 0 spiro atoms. The first-order chi connectivity index (χ1) is 12.7. The van der Waals surface area contributed by atoms with Gasteiger partial charge in [-0.05, 0) is 19.3 Å². The predicted octanol–water partition coefficient (Wildman–Crippen LogP) is 4.46. The second-order valence-corrected chi connectivity index (χ2v) is 6.46. The minimum atomic E-state index is -1.51. The molecule has 0 aliphatic carbocycles. The molecule has 148 valence electrons. The number of aromatic nitrogens is 2. The molecule has 0 unspecified atom stereocenters. The molecule has 0 aliphatic rings. The number of benzene rings is 1. The van der Waals surface area contributed by atoms with E-state index in [2.05, 4.69) is 10.4 Å². The van der Waals surface area contributed by atoms with Crippen LogP contribution < -0.4 is 5.32 Å². The minimum Gasteiger partial charge on any atom is -0.346 e. The fourth-order valence-electron chi connectivity index (χ4n) is 2.73. The van der Waals surface area contributed by atoms with Gasteiger partial charge >= 0.3 is 0 Å². The van der Waals surface area contributed by atoms with E-state index in [0.29, 0.717) is 25.0 Å². The van der Waals surface area contributed by atoms with Gasteiger partial charge in [-0.2, -0.15) is 5.10 Å². The van der Waals surface area contributed by atoms with Crippen molar-refractivity contribution in [3.05, 3.63) is 50.8 Å². The Morgan fingerprint density at radius 3 is 2.11 bits per heavy atom. The first kappa shape index (κ1) is 21.2. The number of nitrogens with zero attached hydrogens (tertiary/aromatic N) is 2.